The molecule has 2 aromatic heterocycles. The predicted molar refractivity (Wildman–Crippen MR) is 85.4 cm³/mol. The number of carbonyl (C=O) groups is 2. The Hall–Kier alpha value is -2.70. The van der Waals surface area contributed by atoms with Crippen LogP contribution in [0.5, 0.6) is 0 Å². The maximum absolute atomic E-state index is 12.6. The van der Waals surface area contributed by atoms with Crippen LogP contribution < -0.4 is 4.90 Å². The summed E-state index contributed by atoms with van der Waals surface area (Å²) >= 11 is 0. The molecule has 2 aliphatic heterocycles. The zero-order valence-electron chi connectivity index (χ0n) is 13.4. The van der Waals surface area contributed by atoms with Crippen LogP contribution in [0.4, 0.5) is 5.69 Å². The van der Waals surface area contributed by atoms with E-state index in [9.17, 15) is 9.59 Å². The molecule has 2 aliphatic rings. The molecule has 2 saturated heterocycles. The first-order chi connectivity index (χ1) is 11.6. The Balaban J connectivity index is 1.51. The number of aryl methyl sites for hydroxylation is 1. The molecule has 1 atom stereocenters. The molecular weight excluding hydrogens is 308 g/mol. The molecule has 2 amide bonds. The number of likely N-dealkylation sites (tertiary alicyclic amines) is 1. The Bertz CT molecular complexity index is 788. The number of rotatable bonds is 2. The molecule has 0 saturated carbocycles. The van der Waals surface area contributed by atoms with E-state index in [0.29, 0.717) is 37.4 Å². The number of amides is 2. The highest BCUT2D eigenvalue weighted by Crippen LogP contribution is 2.42. The third kappa shape index (κ3) is 2.36. The third-order valence-electron chi connectivity index (χ3n) is 4.99. The number of hydrogen-bond donors (Lipinski definition) is 0. The molecule has 124 valence electrons. The van der Waals surface area contributed by atoms with Gasteiger partial charge in [0.1, 0.15) is 12.1 Å². The van der Waals surface area contributed by atoms with Gasteiger partial charge in [-0.25, -0.2) is 9.97 Å². The molecule has 1 unspecified atom stereocenters. The van der Waals surface area contributed by atoms with Gasteiger partial charge in [0, 0.05) is 31.5 Å². The molecule has 2 fully saturated rings. The maximum Gasteiger partial charge on any atom is 0.257 e. The van der Waals surface area contributed by atoms with Crippen molar-refractivity contribution in [2.24, 2.45) is 5.41 Å². The molecule has 0 aromatic carbocycles. The Kier molecular flexibility index (Phi) is 3.37. The van der Waals surface area contributed by atoms with Crippen molar-refractivity contribution in [2.45, 2.75) is 19.8 Å². The van der Waals surface area contributed by atoms with Crippen molar-refractivity contribution in [3.05, 3.63) is 42.4 Å². The molecule has 0 N–H and O–H groups in total. The standard InChI is InChI=1S/C17H18N4O3/c1-12-14(2-5-24-12)16(23)20-4-3-17(9-20)6-15(22)21(10-17)13-7-18-11-19-8-13/h2,5,7-8,11H,3-4,6,9-10H2,1H3. The van der Waals surface area contributed by atoms with Crippen molar-refractivity contribution in [1.82, 2.24) is 14.9 Å². The maximum atomic E-state index is 12.6. The number of hydrogen-bond acceptors (Lipinski definition) is 5. The fraction of sp³-hybridized carbons (Fsp3) is 0.412. The summed E-state index contributed by atoms with van der Waals surface area (Å²) in [6.45, 7) is 3.64. The van der Waals surface area contributed by atoms with E-state index in [1.165, 1.54) is 12.6 Å². The van der Waals surface area contributed by atoms with Crippen molar-refractivity contribution in [1.29, 1.82) is 0 Å². The number of anilines is 1. The summed E-state index contributed by atoms with van der Waals surface area (Å²) in [6, 6.07) is 1.70. The highest BCUT2D eigenvalue weighted by atomic mass is 16.3. The van der Waals surface area contributed by atoms with E-state index in [2.05, 4.69) is 9.97 Å². The van der Waals surface area contributed by atoms with Crippen LogP contribution in [-0.2, 0) is 4.79 Å². The summed E-state index contributed by atoms with van der Waals surface area (Å²) in [6.07, 6.45) is 7.56. The average molecular weight is 326 g/mol. The molecule has 4 heterocycles. The van der Waals surface area contributed by atoms with Gasteiger partial charge in [-0.3, -0.25) is 9.59 Å². The van der Waals surface area contributed by atoms with Gasteiger partial charge in [0.25, 0.3) is 5.91 Å². The molecule has 2 aromatic rings. The lowest BCUT2D eigenvalue weighted by Gasteiger charge is -2.24. The summed E-state index contributed by atoms with van der Waals surface area (Å²) in [5, 5.41) is 0. The molecule has 0 bridgehead atoms. The van der Waals surface area contributed by atoms with Crippen LogP contribution in [0.15, 0.2) is 35.5 Å². The lowest BCUT2D eigenvalue weighted by molar-refractivity contribution is -0.117. The highest BCUT2D eigenvalue weighted by molar-refractivity contribution is 5.97. The first-order valence-electron chi connectivity index (χ1n) is 7.97. The fourth-order valence-corrected chi connectivity index (χ4v) is 3.72. The van der Waals surface area contributed by atoms with Crippen LogP contribution in [0, 0.1) is 12.3 Å². The fourth-order valence-electron chi connectivity index (χ4n) is 3.72. The van der Waals surface area contributed by atoms with E-state index in [4.69, 9.17) is 4.42 Å². The van der Waals surface area contributed by atoms with E-state index >= 15 is 0 Å². The SMILES string of the molecule is Cc1occc1C(=O)N1CCC2(CC(=O)N(c3cncnc3)C2)C1. The van der Waals surface area contributed by atoms with Gasteiger partial charge in [0.15, 0.2) is 0 Å². The zero-order valence-corrected chi connectivity index (χ0v) is 13.4. The molecule has 0 radical (unpaired) electrons. The van der Waals surface area contributed by atoms with Crippen LogP contribution in [0.3, 0.4) is 0 Å². The molecule has 7 nitrogen and oxygen atoms in total. The van der Waals surface area contributed by atoms with E-state index in [1.807, 2.05) is 4.90 Å². The van der Waals surface area contributed by atoms with E-state index in [0.717, 1.165) is 12.1 Å². The summed E-state index contributed by atoms with van der Waals surface area (Å²) in [4.78, 5) is 36.6. The second-order valence-corrected chi connectivity index (χ2v) is 6.62. The van der Waals surface area contributed by atoms with Crippen LogP contribution in [0.25, 0.3) is 0 Å². The third-order valence-corrected chi connectivity index (χ3v) is 4.99. The molecular formula is C17H18N4O3. The van der Waals surface area contributed by atoms with Gasteiger partial charge in [-0.1, -0.05) is 0 Å². The topological polar surface area (TPSA) is 79.5 Å². The van der Waals surface area contributed by atoms with Crippen molar-refractivity contribution < 1.29 is 14.0 Å². The second kappa shape index (κ2) is 5.43. The van der Waals surface area contributed by atoms with Gasteiger partial charge < -0.3 is 14.2 Å². The Labute approximate surface area is 139 Å². The number of furan rings is 1. The van der Waals surface area contributed by atoms with Crippen molar-refractivity contribution >= 4 is 17.5 Å². The summed E-state index contributed by atoms with van der Waals surface area (Å²) in [7, 11) is 0. The molecule has 7 heteroatoms. The zero-order chi connectivity index (χ0) is 16.7. The first kappa shape index (κ1) is 14.9. The molecule has 1 spiro atoms. The van der Waals surface area contributed by atoms with Gasteiger partial charge >= 0.3 is 0 Å². The van der Waals surface area contributed by atoms with Crippen molar-refractivity contribution in [2.75, 3.05) is 24.5 Å². The molecule has 24 heavy (non-hydrogen) atoms. The highest BCUT2D eigenvalue weighted by Gasteiger charge is 2.49. The molecule has 0 aliphatic carbocycles. The minimum absolute atomic E-state index is 0.0212. The van der Waals surface area contributed by atoms with Gasteiger partial charge in [0.05, 0.1) is 29.9 Å². The van der Waals surface area contributed by atoms with E-state index in [1.54, 1.807) is 30.3 Å². The normalized spacial score (nSPS) is 23.5. The van der Waals surface area contributed by atoms with Crippen molar-refractivity contribution in [3.63, 3.8) is 0 Å². The van der Waals surface area contributed by atoms with Gasteiger partial charge in [0.2, 0.25) is 5.91 Å². The monoisotopic (exact) mass is 326 g/mol. The van der Waals surface area contributed by atoms with Gasteiger partial charge in [-0.05, 0) is 19.4 Å². The number of aromatic nitrogens is 2. The van der Waals surface area contributed by atoms with Crippen LogP contribution in [0.1, 0.15) is 29.0 Å². The number of carbonyl (C=O) groups excluding carboxylic acids is 2. The lowest BCUT2D eigenvalue weighted by Crippen LogP contribution is -2.34. The Morgan fingerprint density at radius 3 is 2.79 bits per heavy atom. The van der Waals surface area contributed by atoms with E-state index in [-0.39, 0.29) is 17.2 Å². The Morgan fingerprint density at radius 2 is 2.08 bits per heavy atom. The van der Waals surface area contributed by atoms with Crippen LogP contribution in [0.2, 0.25) is 0 Å². The smallest absolute Gasteiger partial charge is 0.257 e. The quantitative estimate of drug-likeness (QED) is 0.838. The van der Waals surface area contributed by atoms with E-state index < -0.39 is 0 Å². The van der Waals surface area contributed by atoms with Crippen molar-refractivity contribution in [3.8, 4) is 0 Å². The number of nitrogens with zero attached hydrogens (tertiary/aromatic N) is 4. The first-order valence-corrected chi connectivity index (χ1v) is 7.97. The Morgan fingerprint density at radius 1 is 1.29 bits per heavy atom. The summed E-state index contributed by atoms with van der Waals surface area (Å²) < 4.78 is 5.23. The largest absolute Gasteiger partial charge is 0.469 e. The molecule has 4 rings (SSSR count). The minimum atomic E-state index is -0.180. The van der Waals surface area contributed by atoms with Crippen LogP contribution >= 0.6 is 0 Å². The summed E-state index contributed by atoms with van der Waals surface area (Å²) in [5.41, 5.74) is 1.14. The van der Waals surface area contributed by atoms with Gasteiger partial charge in [-0.2, -0.15) is 0 Å². The van der Waals surface area contributed by atoms with Crippen LogP contribution in [-0.4, -0.2) is 46.3 Å². The minimum Gasteiger partial charge on any atom is -0.469 e. The second-order valence-electron chi connectivity index (χ2n) is 6.62. The predicted octanol–water partition coefficient (Wildman–Crippen LogP) is 1.65. The lowest BCUT2D eigenvalue weighted by atomic mass is 9.86. The van der Waals surface area contributed by atoms with Gasteiger partial charge in [-0.15, -0.1) is 0 Å². The summed E-state index contributed by atoms with van der Waals surface area (Å²) in [5.74, 6) is 0.678. The average Bonchev–Trinajstić information content (AvgIpc) is 3.28.